The Labute approximate surface area is 119 Å². The number of benzene rings is 1. The minimum Gasteiger partial charge on any atom is -0.321 e. The van der Waals surface area contributed by atoms with E-state index >= 15 is 0 Å². The molecule has 2 N–H and O–H groups in total. The molecule has 5 heteroatoms. The van der Waals surface area contributed by atoms with Crippen molar-refractivity contribution >= 4 is 11.7 Å². The van der Waals surface area contributed by atoms with Crippen LogP contribution in [0, 0.1) is 5.82 Å². The summed E-state index contributed by atoms with van der Waals surface area (Å²) in [5.41, 5.74) is 0.486. The quantitative estimate of drug-likeness (QED) is 0.890. The standard InChI is InChI=1S/C15H22FN3O/c1-11(2)19(10-14-7-4-8-17-14)15(20)18-13-6-3-5-12(16)9-13/h3,5-6,9,11,14,17H,4,7-8,10H2,1-2H3,(H,18,20). The van der Waals surface area contributed by atoms with Crippen LogP contribution in [0.4, 0.5) is 14.9 Å². The Morgan fingerprint density at radius 1 is 1.55 bits per heavy atom. The Kier molecular flexibility index (Phi) is 4.95. The summed E-state index contributed by atoms with van der Waals surface area (Å²) in [6, 6.07) is 6.24. The third-order valence-corrected chi connectivity index (χ3v) is 3.54. The van der Waals surface area contributed by atoms with Crippen molar-refractivity contribution in [1.82, 2.24) is 10.2 Å². The number of nitrogens with one attached hydrogen (secondary N) is 2. The predicted molar refractivity (Wildman–Crippen MR) is 78.3 cm³/mol. The fourth-order valence-corrected chi connectivity index (χ4v) is 2.44. The maximum Gasteiger partial charge on any atom is 0.322 e. The summed E-state index contributed by atoms with van der Waals surface area (Å²) >= 11 is 0. The fraction of sp³-hybridized carbons (Fsp3) is 0.533. The monoisotopic (exact) mass is 279 g/mol. The summed E-state index contributed by atoms with van der Waals surface area (Å²) in [7, 11) is 0. The van der Waals surface area contributed by atoms with Crippen molar-refractivity contribution in [2.45, 2.75) is 38.8 Å². The van der Waals surface area contributed by atoms with Gasteiger partial charge in [-0.3, -0.25) is 0 Å². The van der Waals surface area contributed by atoms with E-state index in [0.717, 1.165) is 19.4 Å². The molecule has 2 rings (SSSR count). The van der Waals surface area contributed by atoms with Crippen molar-refractivity contribution in [1.29, 1.82) is 0 Å². The lowest BCUT2D eigenvalue weighted by atomic mass is 10.2. The number of amides is 2. The van der Waals surface area contributed by atoms with Crippen molar-refractivity contribution in [2.24, 2.45) is 0 Å². The first-order valence-corrected chi connectivity index (χ1v) is 7.13. The molecule has 1 atom stereocenters. The van der Waals surface area contributed by atoms with Crippen molar-refractivity contribution < 1.29 is 9.18 Å². The van der Waals surface area contributed by atoms with Gasteiger partial charge in [0.2, 0.25) is 0 Å². The molecule has 1 unspecified atom stereocenters. The molecule has 110 valence electrons. The normalized spacial score (nSPS) is 18.3. The molecule has 0 radical (unpaired) electrons. The molecular formula is C15H22FN3O. The smallest absolute Gasteiger partial charge is 0.321 e. The van der Waals surface area contributed by atoms with Crippen LogP contribution in [0.1, 0.15) is 26.7 Å². The zero-order valence-corrected chi connectivity index (χ0v) is 12.0. The molecule has 0 aromatic heterocycles. The van der Waals surface area contributed by atoms with Crippen LogP contribution in [-0.4, -0.2) is 36.1 Å². The molecule has 1 fully saturated rings. The van der Waals surface area contributed by atoms with Crippen molar-refractivity contribution in [3.05, 3.63) is 30.1 Å². The van der Waals surface area contributed by atoms with E-state index in [9.17, 15) is 9.18 Å². The minimum absolute atomic E-state index is 0.103. The highest BCUT2D eigenvalue weighted by Gasteiger charge is 2.23. The summed E-state index contributed by atoms with van der Waals surface area (Å²) < 4.78 is 13.1. The average Bonchev–Trinajstić information content (AvgIpc) is 2.88. The van der Waals surface area contributed by atoms with Gasteiger partial charge in [-0.2, -0.15) is 0 Å². The lowest BCUT2D eigenvalue weighted by Gasteiger charge is -2.29. The molecule has 1 saturated heterocycles. The molecular weight excluding hydrogens is 257 g/mol. The lowest BCUT2D eigenvalue weighted by molar-refractivity contribution is 0.190. The fourth-order valence-electron chi connectivity index (χ4n) is 2.44. The van der Waals surface area contributed by atoms with Gasteiger partial charge in [0.05, 0.1) is 0 Å². The van der Waals surface area contributed by atoms with E-state index in [2.05, 4.69) is 10.6 Å². The molecule has 2 amide bonds. The predicted octanol–water partition coefficient (Wildman–Crippen LogP) is 2.82. The van der Waals surface area contributed by atoms with E-state index in [4.69, 9.17) is 0 Å². The first-order valence-electron chi connectivity index (χ1n) is 7.13. The number of anilines is 1. The van der Waals surface area contributed by atoms with Gasteiger partial charge < -0.3 is 15.5 Å². The minimum atomic E-state index is -0.351. The molecule has 1 aromatic carbocycles. The number of nitrogens with zero attached hydrogens (tertiary/aromatic N) is 1. The van der Waals surface area contributed by atoms with E-state index in [0.29, 0.717) is 18.3 Å². The highest BCUT2D eigenvalue weighted by atomic mass is 19.1. The highest BCUT2D eigenvalue weighted by molar-refractivity contribution is 5.89. The molecule has 1 aliphatic rings. The van der Waals surface area contributed by atoms with Crippen LogP contribution in [0.3, 0.4) is 0 Å². The van der Waals surface area contributed by atoms with Crippen LogP contribution >= 0.6 is 0 Å². The summed E-state index contributed by atoms with van der Waals surface area (Å²) in [5, 5.41) is 6.15. The maximum atomic E-state index is 13.1. The molecule has 1 aliphatic heterocycles. The largest absolute Gasteiger partial charge is 0.322 e. The second kappa shape index (κ2) is 6.70. The van der Waals surface area contributed by atoms with Gasteiger partial charge in [-0.15, -0.1) is 0 Å². The Hall–Kier alpha value is -1.62. The first-order chi connectivity index (χ1) is 9.56. The summed E-state index contributed by atoms with van der Waals surface area (Å²) in [5.74, 6) is -0.351. The zero-order chi connectivity index (χ0) is 14.5. The number of hydrogen-bond acceptors (Lipinski definition) is 2. The van der Waals surface area contributed by atoms with Crippen LogP contribution in [0.5, 0.6) is 0 Å². The number of rotatable bonds is 4. The van der Waals surface area contributed by atoms with Crippen LogP contribution in [-0.2, 0) is 0 Å². The van der Waals surface area contributed by atoms with E-state index in [1.165, 1.54) is 12.1 Å². The van der Waals surface area contributed by atoms with Crippen LogP contribution in [0.15, 0.2) is 24.3 Å². The molecule has 0 aliphatic carbocycles. The highest BCUT2D eigenvalue weighted by Crippen LogP contribution is 2.13. The molecule has 0 bridgehead atoms. The van der Waals surface area contributed by atoms with Gasteiger partial charge in [-0.05, 0) is 51.4 Å². The van der Waals surface area contributed by atoms with E-state index in [1.54, 1.807) is 17.0 Å². The van der Waals surface area contributed by atoms with Crippen LogP contribution in [0.2, 0.25) is 0 Å². The Morgan fingerprint density at radius 3 is 2.95 bits per heavy atom. The molecule has 20 heavy (non-hydrogen) atoms. The third kappa shape index (κ3) is 3.93. The Bertz CT molecular complexity index is 458. The Morgan fingerprint density at radius 2 is 2.35 bits per heavy atom. The molecule has 4 nitrogen and oxygen atoms in total. The number of hydrogen-bond donors (Lipinski definition) is 2. The second-order valence-corrected chi connectivity index (χ2v) is 5.48. The second-order valence-electron chi connectivity index (χ2n) is 5.48. The van der Waals surface area contributed by atoms with Gasteiger partial charge in [0, 0.05) is 24.3 Å². The zero-order valence-electron chi connectivity index (χ0n) is 12.0. The number of urea groups is 1. The van der Waals surface area contributed by atoms with Gasteiger partial charge in [0.15, 0.2) is 0 Å². The maximum absolute atomic E-state index is 13.1. The third-order valence-electron chi connectivity index (χ3n) is 3.54. The van der Waals surface area contributed by atoms with Crippen molar-refractivity contribution in [3.8, 4) is 0 Å². The van der Waals surface area contributed by atoms with Crippen LogP contribution < -0.4 is 10.6 Å². The SMILES string of the molecule is CC(C)N(CC1CCCN1)C(=O)Nc1cccc(F)c1. The average molecular weight is 279 g/mol. The molecule has 0 saturated carbocycles. The molecule has 0 spiro atoms. The van der Waals surface area contributed by atoms with Gasteiger partial charge in [-0.1, -0.05) is 6.07 Å². The molecule has 1 heterocycles. The van der Waals surface area contributed by atoms with E-state index < -0.39 is 0 Å². The van der Waals surface area contributed by atoms with Gasteiger partial charge in [0.1, 0.15) is 5.82 Å². The first kappa shape index (κ1) is 14.8. The lowest BCUT2D eigenvalue weighted by Crippen LogP contribution is -2.46. The topological polar surface area (TPSA) is 44.4 Å². The van der Waals surface area contributed by atoms with Gasteiger partial charge in [0.25, 0.3) is 0 Å². The summed E-state index contributed by atoms with van der Waals surface area (Å²) in [4.78, 5) is 14.1. The van der Waals surface area contributed by atoms with E-state index in [1.807, 2.05) is 13.8 Å². The van der Waals surface area contributed by atoms with E-state index in [-0.39, 0.29) is 17.9 Å². The van der Waals surface area contributed by atoms with Crippen LogP contribution in [0.25, 0.3) is 0 Å². The Balaban J connectivity index is 1.99. The van der Waals surface area contributed by atoms with Crippen molar-refractivity contribution in [2.75, 3.05) is 18.4 Å². The van der Waals surface area contributed by atoms with Gasteiger partial charge >= 0.3 is 6.03 Å². The molecule has 1 aromatic rings. The van der Waals surface area contributed by atoms with Crippen molar-refractivity contribution in [3.63, 3.8) is 0 Å². The number of halogens is 1. The number of carbonyl (C=O) groups excluding carboxylic acids is 1. The van der Waals surface area contributed by atoms with Gasteiger partial charge in [-0.25, -0.2) is 9.18 Å². The summed E-state index contributed by atoms with van der Waals surface area (Å²) in [6.45, 7) is 5.67. The summed E-state index contributed by atoms with van der Waals surface area (Å²) in [6.07, 6.45) is 2.25. The number of carbonyl (C=O) groups is 1.